The Bertz CT molecular complexity index is 1310. The van der Waals surface area contributed by atoms with Crippen LogP contribution in [0.2, 0.25) is 0 Å². The average Bonchev–Trinajstić information content (AvgIpc) is 3.16. The molecule has 4 aromatic rings. The zero-order valence-corrected chi connectivity index (χ0v) is 17.7. The number of hydrogen-bond donors (Lipinski definition) is 1. The molecule has 3 aromatic carbocycles. The van der Waals surface area contributed by atoms with Gasteiger partial charge in [0.25, 0.3) is 0 Å². The quantitative estimate of drug-likeness (QED) is 0.336. The molecule has 0 aliphatic heterocycles. The second-order valence-electron chi connectivity index (χ2n) is 7.42. The Morgan fingerprint density at radius 3 is 2.66 bits per heavy atom. The van der Waals surface area contributed by atoms with Gasteiger partial charge in [-0.15, -0.1) is 0 Å². The molecule has 0 radical (unpaired) electrons. The lowest BCUT2D eigenvalue weighted by atomic mass is 10.1. The summed E-state index contributed by atoms with van der Waals surface area (Å²) in [5, 5.41) is 17.2. The van der Waals surface area contributed by atoms with Gasteiger partial charge in [0.05, 0.1) is 17.8 Å². The standard InChI is InChI=1S/C26H22N4O2/c1-19-10-12-23(13-11-19)29-26(31)17-30-16-22(24-8-4-5-9-25(24)30)15-28-32-18-21-7-3-2-6-20(21)14-27/h2-13,15-16H,17-18H2,1H3,(H,29,31)/b28-15-. The number of oxime groups is 1. The molecule has 0 fully saturated rings. The number of benzene rings is 3. The highest BCUT2D eigenvalue weighted by atomic mass is 16.6. The number of carbonyl (C=O) groups excluding carboxylic acids is 1. The summed E-state index contributed by atoms with van der Waals surface area (Å²) in [5.41, 5.74) is 5.04. The number of nitrogens with one attached hydrogen (secondary N) is 1. The van der Waals surface area contributed by atoms with E-state index in [0.29, 0.717) is 5.56 Å². The maximum absolute atomic E-state index is 12.6. The first kappa shape index (κ1) is 20.9. The van der Waals surface area contributed by atoms with Crippen LogP contribution in [0.5, 0.6) is 0 Å². The van der Waals surface area contributed by atoms with Gasteiger partial charge in [0.2, 0.25) is 5.91 Å². The van der Waals surface area contributed by atoms with Crippen molar-refractivity contribution in [1.29, 1.82) is 5.26 Å². The van der Waals surface area contributed by atoms with Crippen LogP contribution in [0.1, 0.15) is 22.3 Å². The molecule has 1 heterocycles. The molecule has 0 atom stereocenters. The fourth-order valence-corrected chi connectivity index (χ4v) is 3.46. The Kier molecular flexibility index (Phi) is 6.28. The highest BCUT2D eigenvalue weighted by Crippen LogP contribution is 2.20. The number of hydrogen-bond acceptors (Lipinski definition) is 4. The molecule has 0 unspecified atom stereocenters. The van der Waals surface area contributed by atoms with Crippen LogP contribution in [0, 0.1) is 18.3 Å². The average molecular weight is 422 g/mol. The van der Waals surface area contributed by atoms with E-state index in [0.717, 1.165) is 33.3 Å². The molecular formula is C26H22N4O2. The summed E-state index contributed by atoms with van der Waals surface area (Å²) in [4.78, 5) is 18.0. The number of aromatic nitrogens is 1. The zero-order chi connectivity index (χ0) is 22.3. The molecule has 0 spiro atoms. The van der Waals surface area contributed by atoms with E-state index in [1.54, 1.807) is 12.3 Å². The molecule has 158 valence electrons. The number of amides is 1. The number of carbonyl (C=O) groups is 1. The summed E-state index contributed by atoms with van der Waals surface area (Å²) in [6, 6.07) is 24.9. The van der Waals surface area contributed by atoms with Gasteiger partial charge in [0.15, 0.2) is 0 Å². The van der Waals surface area contributed by atoms with E-state index < -0.39 is 0 Å². The molecule has 0 bridgehead atoms. The van der Waals surface area contributed by atoms with Crippen molar-refractivity contribution in [2.24, 2.45) is 5.16 Å². The van der Waals surface area contributed by atoms with Gasteiger partial charge in [-0.3, -0.25) is 4.79 Å². The predicted molar refractivity (Wildman–Crippen MR) is 125 cm³/mol. The van der Waals surface area contributed by atoms with E-state index in [9.17, 15) is 10.1 Å². The molecule has 1 aromatic heterocycles. The van der Waals surface area contributed by atoms with Crippen molar-refractivity contribution in [2.45, 2.75) is 20.1 Å². The molecule has 1 N–H and O–H groups in total. The van der Waals surface area contributed by atoms with E-state index >= 15 is 0 Å². The van der Waals surface area contributed by atoms with Crippen molar-refractivity contribution < 1.29 is 9.63 Å². The third kappa shape index (κ3) is 4.85. The number of anilines is 1. The Balaban J connectivity index is 1.47. The van der Waals surface area contributed by atoms with E-state index in [1.165, 1.54) is 0 Å². The van der Waals surface area contributed by atoms with Gasteiger partial charge < -0.3 is 14.7 Å². The number of rotatable bonds is 7. The minimum atomic E-state index is -0.109. The van der Waals surface area contributed by atoms with E-state index in [4.69, 9.17) is 4.84 Å². The topological polar surface area (TPSA) is 79.4 Å². The molecule has 0 saturated heterocycles. The molecule has 6 heteroatoms. The van der Waals surface area contributed by atoms with Crippen molar-refractivity contribution in [3.8, 4) is 6.07 Å². The Hall–Kier alpha value is -4.37. The Morgan fingerprint density at radius 2 is 1.84 bits per heavy atom. The van der Waals surface area contributed by atoms with Gasteiger partial charge in [-0.1, -0.05) is 59.3 Å². The number of para-hydroxylation sites is 1. The van der Waals surface area contributed by atoms with Crippen LogP contribution >= 0.6 is 0 Å². The minimum absolute atomic E-state index is 0.109. The first-order valence-corrected chi connectivity index (χ1v) is 10.2. The normalized spacial score (nSPS) is 10.9. The summed E-state index contributed by atoms with van der Waals surface area (Å²) in [7, 11) is 0. The number of aryl methyl sites for hydroxylation is 1. The minimum Gasteiger partial charge on any atom is -0.391 e. The highest BCUT2D eigenvalue weighted by Gasteiger charge is 2.10. The summed E-state index contributed by atoms with van der Waals surface area (Å²) in [6.07, 6.45) is 3.52. The zero-order valence-electron chi connectivity index (χ0n) is 17.7. The van der Waals surface area contributed by atoms with Gasteiger partial charge in [-0.05, 0) is 31.2 Å². The molecule has 4 rings (SSSR count). The number of nitrogens with zero attached hydrogens (tertiary/aromatic N) is 3. The summed E-state index contributed by atoms with van der Waals surface area (Å²) >= 11 is 0. The van der Waals surface area contributed by atoms with Crippen LogP contribution in [0.15, 0.2) is 84.1 Å². The molecule has 6 nitrogen and oxygen atoms in total. The van der Waals surface area contributed by atoms with E-state index in [1.807, 2.05) is 84.4 Å². The summed E-state index contributed by atoms with van der Waals surface area (Å²) < 4.78 is 1.89. The van der Waals surface area contributed by atoms with Crippen LogP contribution in [-0.2, 0) is 22.8 Å². The van der Waals surface area contributed by atoms with E-state index in [2.05, 4.69) is 16.5 Å². The summed E-state index contributed by atoms with van der Waals surface area (Å²) in [5.74, 6) is -0.109. The fraction of sp³-hybridized carbons (Fsp3) is 0.115. The Labute approximate surface area is 186 Å². The van der Waals surface area contributed by atoms with Gasteiger partial charge in [0, 0.05) is 33.9 Å². The highest BCUT2D eigenvalue weighted by molar-refractivity contribution is 6.00. The first-order valence-electron chi connectivity index (χ1n) is 10.2. The maximum Gasteiger partial charge on any atom is 0.244 e. The Morgan fingerprint density at radius 1 is 1.09 bits per heavy atom. The SMILES string of the molecule is Cc1ccc(NC(=O)Cn2cc(/C=N\OCc3ccccc3C#N)c3ccccc32)cc1. The third-order valence-corrected chi connectivity index (χ3v) is 5.09. The molecule has 0 aliphatic carbocycles. The molecule has 0 aliphatic rings. The second-order valence-corrected chi connectivity index (χ2v) is 7.42. The monoisotopic (exact) mass is 422 g/mol. The molecule has 1 amide bonds. The number of fused-ring (bicyclic) bond motifs is 1. The van der Waals surface area contributed by atoms with Crippen molar-refractivity contribution in [3.05, 3.63) is 101 Å². The van der Waals surface area contributed by atoms with Crippen molar-refractivity contribution in [3.63, 3.8) is 0 Å². The van der Waals surface area contributed by atoms with Gasteiger partial charge in [-0.2, -0.15) is 5.26 Å². The summed E-state index contributed by atoms with van der Waals surface area (Å²) in [6.45, 7) is 2.39. The van der Waals surface area contributed by atoms with Crippen LogP contribution < -0.4 is 5.32 Å². The van der Waals surface area contributed by atoms with Crippen molar-refractivity contribution in [2.75, 3.05) is 5.32 Å². The van der Waals surface area contributed by atoms with Crippen LogP contribution in [-0.4, -0.2) is 16.7 Å². The van der Waals surface area contributed by atoms with Gasteiger partial charge in [0.1, 0.15) is 13.2 Å². The van der Waals surface area contributed by atoms with Crippen molar-refractivity contribution in [1.82, 2.24) is 4.57 Å². The lowest BCUT2D eigenvalue weighted by molar-refractivity contribution is -0.116. The second kappa shape index (κ2) is 9.63. The smallest absolute Gasteiger partial charge is 0.244 e. The predicted octanol–water partition coefficient (Wildman–Crippen LogP) is 5.01. The first-order chi connectivity index (χ1) is 15.6. The van der Waals surface area contributed by atoms with Crippen LogP contribution in [0.3, 0.4) is 0 Å². The third-order valence-electron chi connectivity index (χ3n) is 5.09. The maximum atomic E-state index is 12.6. The fourth-order valence-electron chi connectivity index (χ4n) is 3.46. The van der Waals surface area contributed by atoms with Crippen LogP contribution in [0.25, 0.3) is 10.9 Å². The molecule has 32 heavy (non-hydrogen) atoms. The lowest BCUT2D eigenvalue weighted by Gasteiger charge is -2.07. The molecular weight excluding hydrogens is 400 g/mol. The largest absolute Gasteiger partial charge is 0.391 e. The molecule has 0 saturated carbocycles. The van der Waals surface area contributed by atoms with Crippen LogP contribution in [0.4, 0.5) is 5.69 Å². The lowest BCUT2D eigenvalue weighted by Crippen LogP contribution is -2.18. The van der Waals surface area contributed by atoms with Gasteiger partial charge >= 0.3 is 0 Å². The van der Waals surface area contributed by atoms with Gasteiger partial charge in [-0.25, -0.2) is 0 Å². The number of nitriles is 1. The van der Waals surface area contributed by atoms with E-state index in [-0.39, 0.29) is 19.1 Å². The van der Waals surface area contributed by atoms with Crippen molar-refractivity contribution >= 4 is 28.7 Å².